The van der Waals surface area contributed by atoms with Crippen LogP contribution >= 0.6 is 0 Å². The minimum Gasteiger partial charge on any atom is -0.497 e. The third-order valence-corrected chi connectivity index (χ3v) is 5.78. The number of aromatic nitrogens is 3. The minimum atomic E-state index is -0.352. The number of fused-ring (bicyclic) bond motifs is 1. The Balaban J connectivity index is 1.52. The molecule has 1 N–H and O–H groups in total. The third kappa shape index (κ3) is 5.07. The second-order valence-electron chi connectivity index (χ2n) is 8.04. The maximum atomic E-state index is 13.3. The van der Waals surface area contributed by atoms with Crippen molar-refractivity contribution in [3.05, 3.63) is 81.8 Å². The van der Waals surface area contributed by atoms with Gasteiger partial charge in [-0.05, 0) is 54.7 Å². The fraction of sp³-hybridized carbons (Fsp3) is 0.375. The van der Waals surface area contributed by atoms with E-state index >= 15 is 0 Å². The zero-order valence-electron chi connectivity index (χ0n) is 18.1. The molecule has 1 unspecified atom stereocenters. The highest BCUT2D eigenvalue weighted by molar-refractivity contribution is 5.76. The second-order valence-corrected chi connectivity index (χ2v) is 8.04. The molecule has 0 aliphatic carbocycles. The van der Waals surface area contributed by atoms with Gasteiger partial charge >= 0.3 is 5.69 Å². The molecule has 3 aromatic rings. The highest BCUT2D eigenvalue weighted by Crippen LogP contribution is 2.22. The molecule has 0 saturated heterocycles. The van der Waals surface area contributed by atoms with E-state index < -0.39 is 0 Å². The van der Waals surface area contributed by atoms with Crippen molar-refractivity contribution in [2.24, 2.45) is 0 Å². The van der Waals surface area contributed by atoms with Crippen LogP contribution in [0, 0.1) is 5.82 Å². The summed E-state index contributed by atoms with van der Waals surface area (Å²) in [4.78, 5) is 25.6. The van der Waals surface area contributed by atoms with Crippen molar-refractivity contribution in [2.45, 2.75) is 51.2 Å². The van der Waals surface area contributed by atoms with E-state index in [1.165, 1.54) is 16.8 Å². The Morgan fingerprint density at radius 3 is 2.59 bits per heavy atom. The van der Waals surface area contributed by atoms with Gasteiger partial charge in [0.25, 0.3) is 0 Å². The van der Waals surface area contributed by atoms with E-state index in [4.69, 9.17) is 4.74 Å². The first-order valence-electron chi connectivity index (χ1n) is 10.9. The van der Waals surface area contributed by atoms with Gasteiger partial charge in [0.05, 0.1) is 13.2 Å². The topological polar surface area (TPSA) is 78.2 Å². The quantitative estimate of drug-likeness (QED) is 0.615. The lowest BCUT2D eigenvalue weighted by Crippen LogP contribution is -2.36. The molecule has 32 heavy (non-hydrogen) atoms. The smallest absolute Gasteiger partial charge is 0.346 e. The molecule has 7 nitrogen and oxygen atoms in total. The van der Waals surface area contributed by atoms with Gasteiger partial charge in [-0.2, -0.15) is 5.10 Å². The summed E-state index contributed by atoms with van der Waals surface area (Å²) in [5.41, 5.74) is 1.53. The zero-order valence-corrected chi connectivity index (χ0v) is 18.1. The Hall–Kier alpha value is -3.42. The summed E-state index contributed by atoms with van der Waals surface area (Å²) >= 11 is 0. The standard InChI is InChI=1S/C24H27FN4O3/c1-32-20-12-8-18(9-13-20)21(15-17-6-10-19(25)11-7-17)26-23(30)16-29-24(31)28-14-4-2-3-5-22(28)27-29/h6-13,21H,2-5,14-16H2,1H3,(H,26,30). The van der Waals surface area contributed by atoms with Gasteiger partial charge in [0.1, 0.15) is 23.9 Å². The number of rotatable bonds is 7. The van der Waals surface area contributed by atoms with Crippen LogP contribution in [0.25, 0.3) is 0 Å². The lowest BCUT2D eigenvalue weighted by atomic mass is 9.98. The highest BCUT2D eigenvalue weighted by atomic mass is 19.1. The summed E-state index contributed by atoms with van der Waals surface area (Å²) in [5, 5.41) is 7.41. The predicted octanol–water partition coefficient (Wildman–Crippen LogP) is 3.02. The van der Waals surface area contributed by atoms with Gasteiger partial charge in [-0.1, -0.05) is 30.7 Å². The fourth-order valence-corrected chi connectivity index (χ4v) is 4.05. The summed E-state index contributed by atoms with van der Waals surface area (Å²) in [5.74, 6) is 0.853. The number of aryl methyl sites for hydroxylation is 1. The first-order chi connectivity index (χ1) is 15.5. The first kappa shape index (κ1) is 21.8. The van der Waals surface area contributed by atoms with E-state index in [2.05, 4.69) is 10.4 Å². The van der Waals surface area contributed by atoms with Gasteiger partial charge in [0.2, 0.25) is 5.91 Å². The number of hydrogen-bond donors (Lipinski definition) is 1. The zero-order chi connectivity index (χ0) is 22.5. The molecule has 1 aliphatic heterocycles. The van der Waals surface area contributed by atoms with Crippen molar-refractivity contribution in [3.63, 3.8) is 0 Å². The number of amides is 1. The number of hydrogen-bond acceptors (Lipinski definition) is 4. The van der Waals surface area contributed by atoms with Crippen LogP contribution < -0.4 is 15.7 Å². The van der Waals surface area contributed by atoms with Crippen molar-refractivity contribution in [1.82, 2.24) is 19.7 Å². The number of nitrogens with one attached hydrogen (secondary N) is 1. The molecule has 2 aromatic carbocycles. The van der Waals surface area contributed by atoms with Gasteiger partial charge in [-0.3, -0.25) is 9.36 Å². The Morgan fingerprint density at radius 2 is 1.88 bits per heavy atom. The number of benzene rings is 2. The van der Waals surface area contributed by atoms with Crippen molar-refractivity contribution in [3.8, 4) is 5.75 Å². The number of ether oxygens (including phenoxy) is 1. The van der Waals surface area contributed by atoms with Gasteiger partial charge in [-0.15, -0.1) is 0 Å². The molecule has 1 amide bonds. The molecule has 8 heteroatoms. The predicted molar refractivity (Wildman–Crippen MR) is 118 cm³/mol. The van der Waals surface area contributed by atoms with Gasteiger partial charge in [-0.25, -0.2) is 13.9 Å². The average Bonchev–Trinajstić information content (AvgIpc) is 2.95. The first-order valence-corrected chi connectivity index (χ1v) is 10.9. The molecule has 1 aliphatic rings. The monoisotopic (exact) mass is 438 g/mol. The molecule has 0 radical (unpaired) electrons. The summed E-state index contributed by atoms with van der Waals surface area (Å²) in [6.07, 6.45) is 4.26. The summed E-state index contributed by atoms with van der Waals surface area (Å²) in [6.45, 7) is 0.504. The molecular weight excluding hydrogens is 411 g/mol. The minimum absolute atomic E-state index is 0.144. The number of methoxy groups -OCH3 is 1. The largest absolute Gasteiger partial charge is 0.497 e. The summed E-state index contributed by atoms with van der Waals surface area (Å²) < 4.78 is 21.5. The van der Waals surface area contributed by atoms with Crippen molar-refractivity contribution in [2.75, 3.05) is 7.11 Å². The molecule has 1 atom stereocenters. The summed E-state index contributed by atoms with van der Waals surface area (Å²) in [7, 11) is 1.59. The van der Waals surface area contributed by atoms with Gasteiger partial charge < -0.3 is 10.1 Å². The molecule has 168 valence electrons. The van der Waals surface area contributed by atoms with Crippen molar-refractivity contribution < 1.29 is 13.9 Å². The van der Waals surface area contributed by atoms with Crippen LogP contribution in [0.1, 0.15) is 42.3 Å². The lowest BCUT2D eigenvalue weighted by molar-refractivity contribution is -0.122. The second kappa shape index (κ2) is 9.80. The Morgan fingerprint density at radius 1 is 1.12 bits per heavy atom. The molecule has 1 aromatic heterocycles. The van der Waals surface area contributed by atoms with Crippen LogP contribution in [0.5, 0.6) is 5.75 Å². The summed E-state index contributed by atoms with van der Waals surface area (Å²) in [6, 6.07) is 13.3. The van der Waals surface area contributed by atoms with Gasteiger partial charge in [0, 0.05) is 13.0 Å². The van der Waals surface area contributed by atoms with Crippen molar-refractivity contribution >= 4 is 5.91 Å². The van der Waals surface area contributed by atoms with E-state index in [1.807, 2.05) is 24.3 Å². The van der Waals surface area contributed by atoms with Crippen LogP contribution in [0.2, 0.25) is 0 Å². The maximum Gasteiger partial charge on any atom is 0.346 e. The van der Waals surface area contributed by atoms with Crippen LogP contribution in [0.3, 0.4) is 0 Å². The molecule has 2 heterocycles. The normalized spacial score (nSPS) is 14.3. The van der Waals surface area contributed by atoms with Crippen LogP contribution in [0.4, 0.5) is 4.39 Å². The van der Waals surface area contributed by atoms with Crippen LogP contribution in [0.15, 0.2) is 53.3 Å². The molecule has 0 saturated carbocycles. The van der Waals surface area contributed by atoms with E-state index in [-0.39, 0.29) is 30.0 Å². The Bertz CT molecular complexity index is 1120. The van der Waals surface area contributed by atoms with Crippen molar-refractivity contribution in [1.29, 1.82) is 0 Å². The lowest BCUT2D eigenvalue weighted by Gasteiger charge is -2.20. The number of carbonyl (C=O) groups excluding carboxylic acids is 1. The third-order valence-electron chi connectivity index (χ3n) is 5.78. The molecule has 0 fully saturated rings. The van der Waals surface area contributed by atoms with E-state index in [1.54, 1.807) is 23.8 Å². The van der Waals surface area contributed by atoms with Crippen LogP contribution in [-0.2, 0) is 30.7 Å². The maximum absolute atomic E-state index is 13.3. The van der Waals surface area contributed by atoms with E-state index in [9.17, 15) is 14.0 Å². The number of nitrogens with zero attached hydrogens (tertiary/aromatic N) is 3. The number of carbonyl (C=O) groups is 1. The van der Waals surface area contributed by atoms with Crippen LogP contribution in [-0.4, -0.2) is 27.4 Å². The van der Waals surface area contributed by atoms with Gasteiger partial charge in [0.15, 0.2) is 0 Å². The SMILES string of the molecule is COc1ccc(C(Cc2ccc(F)cc2)NC(=O)Cn2nc3n(c2=O)CCCCC3)cc1. The fourth-order valence-electron chi connectivity index (χ4n) is 4.05. The average molecular weight is 439 g/mol. The Kier molecular flexibility index (Phi) is 6.68. The van der Waals surface area contributed by atoms with E-state index in [0.717, 1.165) is 42.6 Å². The highest BCUT2D eigenvalue weighted by Gasteiger charge is 2.20. The molecule has 4 rings (SSSR count). The Labute approximate surface area is 185 Å². The molecular formula is C24H27FN4O3. The molecule has 0 bridgehead atoms. The molecule has 0 spiro atoms. The van der Waals surface area contributed by atoms with E-state index in [0.29, 0.717) is 18.7 Å². The number of halogens is 1.